The second-order valence-electron chi connectivity index (χ2n) is 6.98. The zero-order valence-corrected chi connectivity index (χ0v) is 18.3. The van der Waals surface area contributed by atoms with Crippen molar-refractivity contribution in [2.24, 2.45) is 0 Å². The van der Waals surface area contributed by atoms with Gasteiger partial charge in [0.15, 0.2) is 5.13 Å². The molecule has 0 atom stereocenters. The number of aryl methyl sites for hydroxylation is 2. The number of benzene rings is 3. The fourth-order valence-corrected chi connectivity index (χ4v) is 4.84. The third kappa shape index (κ3) is 4.07. The molecule has 4 rings (SSSR count). The van der Waals surface area contributed by atoms with Crippen molar-refractivity contribution in [1.29, 1.82) is 0 Å². The molecule has 3 nitrogen and oxygen atoms in total. The normalized spacial score (nSPS) is 11.0. The Kier molecular flexibility index (Phi) is 5.69. The third-order valence-corrected chi connectivity index (χ3v) is 6.85. The van der Waals surface area contributed by atoms with Crippen molar-refractivity contribution < 1.29 is 4.79 Å². The van der Waals surface area contributed by atoms with Crippen molar-refractivity contribution >= 4 is 44.4 Å². The van der Waals surface area contributed by atoms with Crippen LogP contribution in [-0.4, -0.2) is 17.1 Å². The van der Waals surface area contributed by atoms with Gasteiger partial charge in [-0.3, -0.25) is 9.69 Å². The zero-order valence-electron chi connectivity index (χ0n) is 16.7. The topological polar surface area (TPSA) is 33.2 Å². The van der Waals surface area contributed by atoms with E-state index in [0.717, 1.165) is 31.4 Å². The summed E-state index contributed by atoms with van der Waals surface area (Å²) in [5.41, 5.74) is 5.05. The Labute approximate surface area is 179 Å². The minimum absolute atomic E-state index is 0.0286. The Morgan fingerprint density at radius 3 is 2.48 bits per heavy atom. The number of thiazole rings is 1. The molecule has 0 aliphatic carbocycles. The van der Waals surface area contributed by atoms with Gasteiger partial charge in [0.2, 0.25) is 0 Å². The van der Waals surface area contributed by atoms with Crippen molar-refractivity contribution in [3.8, 4) is 0 Å². The summed E-state index contributed by atoms with van der Waals surface area (Å²) in [6.07, 6.45) is 2.02. The van der Waals surface area contributed by atoms with Crippen LogP contribution in [0.15, 0.2) is 71.6 Å². The van der Waals surface area contributed by atoms with Crippen LogP contribution in [0.3, 0.4) is 0 Å². The highest BCUT2D eigenvalue weighted by Crippen LogP contribution is 2.34. The summed E-state index contributed by atoms with van der Waals surface area (Å²) >= 11 is 3.22. The van der Waals surface area contributed by atoms with Gasteiger partial charge in [-0.2, -0.15) is 0 Å². The Bertz CT molecular complexity index is 1130. The number of carbonyl (C=O) groups excluding carboxylic acids is 1. The van der Waals surface area contributed by atoms with Gasteiger partial charge in [-0.15, -0.1) is 11.8 Å². The minimum atomic E-state index is -0.0286. The molecule has 1 amide bonds. The van der Waals surface area contributed by atoms with Crippen LogP contribution in [-0.2, 0) is 6.54 Å². The summed E-state index contributed by atoms with van der Waals surface area (Å²) in [6, 6.07) is 22.1. The Hall–Kier alpha value is -2.63. The Morgan fingerprint density at radius 2 is 1.76 bits per heavy atom. The number of hydrogen-bond acceptors (Lipinski definition) is 4. The van der Waals surface area contributed by atoms with Crippen LogP contribution in [0.5, 0.6) is 0 Å². The summed E-state index contributed by atoms with van der Waals surface area (Å²) in [6.45, 7) is 4.65. The molecule has 3 aromatic carbocycles. The van der Waals surface area contributed by atoms with E-state index in [-0.39, 0.29) is 5.91 Å². The van der Waals surface area contributed by atoms with E-state index in [9.17, 15) is 4.79 Å². The van der Waals surface area contributed by atoms with E-state index in [1.54, 1.807) is 28.0 Å². The summed E-state index contributed by atoms with van der Waals surface area (Å²) in [4.78, 5) is 21.3. The van der Waals surface area contributed by atoms with E-state index in [0.29, 0.717) is 12.1 Å². The van der Waals surface area contributed by atoms with Crippen molar-refractivity contribution in [1.82, 2.24) is 4.98 Å². The second-order valence-corrected chi connectivity index (χ2v) is 8.84. The van der Waals surface area contributed by atoms with E-state index in [1.807, 2.05) is 60.9 Å². The van der Waals surface area contributed by atoms with Gasteiger partial charge < -0.3 is 0 Å². The van der Waals surface area contributed by atoms with Gasteiger partial charge in [-0.1, -0.05) is 59.9 Å². The molecule has 0 bridgehead atoms. The Morgan fingerprint density at radius 1 is 1.00 bits per heavy atom. The van der Waals surface area contributed by atoms with Crippen LogP contribution in [0.1, 0.15) is 27.0 Å². The standard InChI is InChI=1S/C24H22N2OS2/c1-16-12-13-17(2)22-21(16)25-24(29-22)26(15-18-8-5-4-6-9-18)23(27)19-10-7-11-20(14-19)28-3/h4-14H,15H2,1-3H3. The first-order chi connectivity index (χ1) is 14.1. The molecular formula is C24H22N2OS2. The molecule has 0 saturated heterocycles. The number of thioether (sulfide) groups is 1. The van der Waals surface area contributed by atoms with Crippen LogP contribution in [0.4, 0.5) is 5.13 Å². The van der Waals surface area contributed by atoms with Crippen molar-refractivity contribution in [3.63, 3.8) is 0 Å². The fourth-order valence-electron chi connectivity index (χ4n) is 3.27. The number of aromatic nitrogens is 1. The number of anilines is 1. The van der Waals surface area contributed by atoms with Gasteiger partial charge in [0.1, 0.15) is 0 Å². The van der Waals surface area contributed by atoms with Crippen molar-refractivity contribution in [2.75, 3.05) is 11.2 Å². The molecule has 5 heteroatoms. The summed E-state index contributed by atoms with van der Waals surface area (Å²) in [5, 5.41) is 0.737. The number of fused-ring (bicyclic) bond motifs is 1. The van der Waals surface area contributed by atoms with E-state index < -0.39 is 0 Å². The largest absolute Gasteiger partial charge is 0.279 e. The number of carbonyl (C=O) groups is 1. The molecule has 29 heavy (non-hydrogen) atoms. The van der Waals surface area contributed by atoms with E-state index in [1.165, 1.54) is 5.56 Å². The number of rotatable bonds is 5. The van der Waals surface area contributed by atoms with E-state index in [4.69, 9.17) is 4.98 Å². The molecule has 0 fully saturated rings. The summed E-state index contributed by atoms with van der Waals surface area (Å²) in [7, 11) is 0. The van der Waals surface area contributed by atoms with Crippen LogP contribution >= 0.6 is 23.1 Å². The lowest BCUT2D eigenvalue weighted by atomic mass is 10.1. The maximum absolute atomic E-state index is 13.5. The lowest BCUT2D eigenvalue weighted by Gasteiger charge is -2.20. The highest BCUT2D eigenvalue weighted by Gasteiger charge is 2.23. The average Bonchev–Trinajstić information content (AvgIpc) is 3.21. The van der Waals surface area contributed by atoms with Crippen LogP contribution in [0.2, 0.25) is 0 Å². The smallest absolute Gasteiger partial charge is 0.260 e. The molecule has 0 aliphatic heterocycles. The lowest BCUT2D eigenvalue weighted by Crippen LogP contribution is -2.30. The molecule has 146 valence electrons. The monoisotopic (exact) mass is 418 g/mol. The SMILES string of the molecule is CSc1cccc(C(=O)N(Cc2ccccc2)c2nc3c(C)ccc(C)c3s2)c1. The third-order valence-electron chi connectivity index (χ3n) is 4.91. The van der Waals surface area contributed by atoms with Crippen LogP contribution < -0.4 is 4.90 Å². The maximum Gasteiger partial charge on any atom is 0.260 e. The van der Waals surface area contributed by atoms with Gasteiger partial charge in [-0.05, 0) is 55.0 Å². The molecule has 1 heterocycles. The van der Waals surface area contributed by atoms with Gasteiger partial charge >= 0.3 is 0 Å². The fraction of sp³-hybridized carbons (Fsp3) is 0.167. The first-order valence-electron chi connectivity index (χ1n) is 9.43. The molecule has 0 unspecified atom stereocenters. The van der Waals surface area contributed by atoms with Gasteiger partial charge in [0.25, 0.3) is 5.91 Å². The highest BCUT2D eigenvalue weighted by molar-refractivity contribution is 7.98. The molecular weight excluding hydrogens is 396 g/mol. The molecule has 0 spiro atoms. The second kappa shape index (κ2) is 8.39. The van der Waals surface area contributed by atoms with E-state index in [2.05, 4.69) is 26.0 Å². The lowest BCUT2D eigenvalue weighted by molar-refractivity contribution is 0.0985. The van der Waals surface area contributed by atoms with Crippen LogP contribution in [0.25, 0.3) is 10.2 Å². The predicted octanol–water partition coefficient (Wildman–Crippen LogP) is 6.48. The van der Waals surface area contributed by atoms with Crippen molar-refractivity contribution in [2.45, 2.75) is 25.3 Å². The number of hydrogen-bond donors (Lipinski definition) is 0. The molecule has 0 aliphatic rings. The first-order valence-corrected chi connectivity index (χ1v) is 11.5. The van der Waals surface area contributed by atoms with Gasteiger partial charge in [0, 0.05) is 10.5 Å². The molecule has 0 radical (unpaired) electrons. The quantitative estimate of drug-likeness (QED) is 0.348. The number of amides is 1. The predicted molar refractivity (Wildman–Crippen MR) is 124 cm³/mol. The van der Waals surface area contributed by atoms with Gasteiger partial charge in [-0.25, -0.2) is 4.98 Å². The van der Waals surface area contributed by atoms with E-state index >= 15 is 0 Å². The maximum atomic E-state index is 13.5. The molecule has 1 aromatic heterocycles. The zero-order chi connectivity index (χ0) is 20.4. The highest BCUT2D eigenvalue weighted by atomic mass is 32.2. The molecule has 4 aromatic rings. The molecule has 0 N–H and O–H groups in total. The first kappa shape index (κ1) is 19.7. The summed E-state index contributed by atoms with van der Waals surface area (Å²) < 4.78 is 1.14. The number of nitrogens with zero attached hydrogens (tertiary/aromatic N) is 2. The average molecular weight is 419 g/mol. The minimum Gasteiger partial charge on any atom is -0.279 e. The summed E-state index contributed by atoms with van der Waals surface area (Å²) in [5.74, 6) is -0.0286. The van der Waals surface area contributed by atoms with Crippen molar-refractivity contribution in [3.05, 3.63) is 89.0 Å². The molecule has 0 saturated carbocycles. The van der Waals surface area contributed by atoms with Gasteiger partial charge in [0.05, 0.1) is 16.8 Å². The Balaban J connectivity index is 1.81. The van der Waals surface area contributed by atoms with Crippen LogP contribution in [0, 0.1) is 13.8 Å².